The standard InChI is InChI=1S/C21H20N6O4S/c1-30-17-8-7-15(10-18(17)31-2)24-21-19(25-20-14(11-22)12-23-27(20)21)13-5-4-6-16(9-13)26-32(3,28)29/h4-10,12,23-24,26H,1-3H3. The van der Waals surface area contributed by atoms with Crippen LogP contribution in [0.3, 0.4) is 0 Å². The van der Waals surface area contributed by atoms with Crippen LogP contribution in [-0.2, 0) is 10.0 Å². The van der Waals surface area contributed by atoms with Crippen LogP contribution in [-0.4, -0.2) is 43.5 Å². The second kappa shape index (κ2) is 8.16. The van der Waals surface area contributed by atoms with Gasteiger partial charge in [-0.25, -0.2) is 17.9 Å². The van der Waals surface area contributed by atoms with Gasteiger partial charge in [-0.2, -0.15) is 5.26 Å². The van der Waals surface area contributed by atoms with Crippen molar-refractivity contribution in [2.45, 2.75) is 0 Å². The number of nitriles is 1. The molecule has 3 N–H and O–H groups in total. The molecule has 11 heteroatoms. The molecule has 0 amide bonds. The van der Waals surface area contributed by atoms with E-state index >= 15 is 0 Å². The van der Waals surface area contributed by atoms with Crippen LogP contribution in [0, 0.1) is 11.3 Å². The summed E-state index contributed by atoms with van der Waals surface area (Å²) in [5.74, 6) is 1.69. The van der Waals surface area contributed by atoms with Gasteiger partial charge in [0, 0.05) is 29.2 Å². The summed E-state index contributed by atoms with van der Waals surface area (Å²) in [6.45, 7) is 0. The van der Waals surface area contributed by atoms with Gasteiger partial charge in [-0.05, 0) is 24.3 Å². The van der Waals surface area contributed by atoms with Crippen LogP contribution in [0.4, 0.5) is 17.2 Å². The molecule has 0 spiro atoms. The number of nitrogens with zero attached hydrogens (tertiary/aromatic N) is 3. The van der Waals surface area contributed by atoms with Crippen molar-refractivity contribution in [1.29, 1.82) is 5.26 Å². The minimum absolute atomic E-state index is 0.372. The largest absolute Gasteiger partial charge is 0.493 e. The summed E-state index contributed by atoms with van der Waals surface area (Å²) in [6.07, 6.45) is 2.65. The van der Waals surface area contributed by atoms with Crippen molar-refractivity contribution in [1.82, 2.24) is 14.6 Å². The molecule has 2 aromatic carbocycles. The van der Waals surface area contributed by atoms with Crippen molar-refractivity contribution in [3.05, 3.63) is 54.2 Å². The fraction of sp³-hybridized carbons (Fsp3) is 0.143. The van der Waals surface area contributed by atoms with Crippen LogP contribution >= 0.6 is 0 Å². The number of imidazole rings is 1. The maximum atomic E-state index is 11.6. The summed E-state index contributed by atoms with van der Waals surface area (Å²) in [6, 6.07) is 14.3. The lowest BCUT2D eigenvalue weighted by Crippen LogP contribution is -2.09. The lowest BCUT2D eigenvalue weighted by atomic mass is 10.1. The molecule has 2 heterocycles. The first-order valence-electron chi connectivity index (χ1n) is 9.40. The third kappa shape index (κ3) is 4.03. The molecule has 0 aliphatic heterocycles. The maximum absolute atomic E-state index is 11.6. The first-order valence-corrected chi connectivity index (χ1v) is 11.3. The molecule has 0 bridgehead atoms. The van der Waals surface area contributed by atoms with Crippen molar-refractivity contribution < 1.29 is 17.9 Å². The van der Waals surface area contributed by atoms with E-state index in [1.54, 1.807) is 61.3 Å². The van der Waals surface area contributed by atoms with E-state index in [0.29, 0.717) is 51.2 Å². The van der Waals surface area contributed by atoms with Gasteiger partial charge in [0.05, 0.1) is 20.5 Å². The van der Waals surface area contributed by atoms with Crippen molar-refractivity contribution >= 4 is 32.9 Å². The molecule has 164 valence electrons. The predicted octanol–water partition coefficient (Wildman–Crippen LogP) is 3.33. The molecule has 4 rings (SSSR count). The summed E-state index contributed by atoms with van der Waals surface area (Å²) in [4.78, 5) is 4.64. The van der Waals surface area contributed by atoms with Crippen molar-refractivity contribution in [2.24, 2.45) is 0 Å². The van der Waals surface area contributed by atoms with Gasteiger partial charge >= 0.3 is 0 Å². The number of sulfonamides is 1. The van der Waals surface area contributed by atoms with Gasteiger partial charge < -0.3 is 14.8 Å². The Morgan fingerprint density at radius 1 is 1.09 bits per heavy atom. The molecule has 0 unspecified atom stereocenters. The first-order chi connectivity index (χ1) is 15.3. The van der Waals surface area contributed by atoms with Gasteiger partial charge in [-0.15, -0.1) is 0 Å². The number of rotatable bonds is 7. The highest BCUT2D eigenvalue weighted by Crippen LogP contribution is 2.36. The Morgan fingerprint density at radius 3 is 2.56 bits per heavy atom. The molecule has 2 aromatic heterocycles. The summed E-state index contributed by atoms with van der Waals surface area (Å²) < 4.78 is 38.1. The van der Waals surface area contributed by atoms with Gasteiger partial charge in [-0.3, -0.25) is 9.82 Å². The molecule has 0 fully saturated rings. The normalized spacial score (nSPS) is 11.2. The Morgan fingerprint density at radius 2 is 1.88 bits per heavy atom. The third-order valence-electron chi connectivity index (χ3n) is 4.66. The van der Waals surface area contributed by atoms with Gasteiger partial charge in [0.1, 0.15) is 17.3 Å². The van der Waals surface area contributed by atoms with E-state index < -0.39 is 10.0 Å². The second-order valence-corrected chi connectivity index (χ2v) is 8.67. The zero-order valence-corrected chi connectivity index (χ0v) is 18.3. The average molecular weight is 452 g/mol. The predicted molar refractivity (Wildman–Crippen MR) is 121 cm³/mol. The monoisotopic (exact) mass is 452 g/mol. The molecule has 0 aliphatic carbocycles. The van der Waals surface area contributed by atoms with Crippen molar-refractivity contribution in [2.75, 3.05) is 30.5 Å². The van der Waals surface area contributed by atoms with Crippen LogP contribution in [0.2, 0.25) is 0 Å². The number of methoxy groups -OCH3 is 2. The molecular weight excluding hydrogens is 432 g/mol. The van der Waals surface area contributed by atoms with Gasteiger partial charge in [0.15, 0.2) is 23.0 Å². The summed E-state index contributed by atoms with van der Waals surface area (Å²) in [5, 5.41) is 15.8. The molecule has 0 atom stereocenters. The lowest BCUT2D eigenvalue weighted by molar-refractivity contribution is 0.355. The van der Waals surface area contributed by atoms with Crippen molar-refractivity contribution in [3.8, 4) is 28.8 Å². The molecule has 0 saturated carbocycles. The first kappa shape index (κ1) is 21.1. The fourth-order valence-corrected chi connectivity index (χ4v) is 3.87. The molecule has 0 radical (unpaired) electrons. The number of H-pyrrole nitrogens is 1. The van der Waals surface area contributed by atoms with Crippen molar-refractivity contribution in [3.63, 3.8) is 0 Å². The van der Waals surface area contributed by atoms with Gasteiger partial charge in [0.2, 0.25) is 10.0 Å². The highest BCUT2D eigenvalue weighted by atomic mass is 32.2. The van der Waals surface area contributed by atoms with E-state index in [4.69, 9.17) is 9.47 Å². The number of fused-ring (bicyclic) bond motifs is 1. The number of hydrogen-bond donors (Lipinski definition) is 3. The number of hydrogen-bond acceptors (Lipinski definition) is 7. The highest BCUT2D eigenvalue weighted by molar-refractivity contribution is 7.92. The van der Waals surface area contributed by atoms with E-state index in [0.717, 1.165) is 6.26 Å². The number of aromatic amines is 1. The number of nitrogens with one attached hydrogen (secondary N) is 3. The van der Waals surface area contributed by atoms with E-state index in [9.17, 15) is 13.7 Å². The average Bonchev–Trinajstić information content (AvgIpc) is 3.32. The molecular formula is C21H20N6O4S. The van der Waals surface area contributed by atoms with Crippen LogP contribution in [0.25, 0.3) is 16.9 Å². The molecule has 10 nitrogen and oxygen atoms in total. The zero-order valence-electron chi connectivity index (χ0n) is 17.5. The van der Waals surface area contributed by atoms with Crippen LogP contribution in [0.5, 0.6) is 11.5 Å². The van der Waals surface area contributed by atoms with E-state index in [-0.39, 0.29) is 0 Å². The Hall–Kier alpha value is -4.17. The SMILES string of the molecule is COc1ccc(Nc2c(-c3cccc(NS(C)(=O)=O)c3)nc3c(C#N)c[nH]n23)cc1OC. The van der Waals surface area contributed by atoms with Crippen LogP contribution in [0.1, 0.15) is 5.56 Å². The van der Waals surface area contributed by atoms with E-state index in [1.807, 2.05) is 6.07 Å². The van der Waals surface area contributed by atoms with Crippen LogP contribution in [0.15, 0.2) is 48.7 Å². The molecule has 4 aromatic rings. The maximum Gasteiger partial charge on any atom is 0.229 e. The number of benzene rings is 2. The Bertz CT molecular complexity index is 1450. The fourth-order valence-electron chi connectivity index (χ4n) is 3.31. The van der Waals surface area contributed by atoms with Gasteiger partial charge in [-0.1, -0.05) is 12.1 Å². The summed E-state index contributed by atoms with van der Waals surface area (Å²) >= 11 is 0. The third-order valence-corrected chi connectivity index (χ3v) is 5.27. The summed E-state index contributed by atoms with van der Waals surface area (Å²) in [5.41, 5.74) is 3.09. The lowest BCUT2D eigenvalue weighted by Gasteiger charge is -2.12. The molecule has 0 saturated heterocycles. The quantitative estimate of drug-likeness (QED) is 0.392. The topological polar surface area (TPSA) is 134 Å². The Balaban J connectivity index is 1.84. The van der Waals surface area contributed by atoms with E-state index in [1.165, 1.54) is 0 Å². The smallest absolute Gasteiger partial charge is 0.229 e. The number of anilines is 3. The number of ether oxygens (including phenoxy) is 2. The highest BCUT2D eigenvalue weighted by Gasteiger charge is 2.19. The van der Waals surface area contributed by atoms with Gasteiger partial charge in [0.25, 0.3) is 0 Å². The zero-order chi connectivity index (χ0) is 22.9. The second-order valence-electron chi connectivity index (χ2n) is 6.92. The summed E-state index contributed by atoms with van der Waals surface area (Å²) in [7, 11) is -0.331. The molecule has 32 heavy (non-hydrogen) atoms. The van der Waals surface area contributed by atoms with E-state index in [2.05, 4.69) is 26.2 Å². The Labute approximate surface area is 184 Å². The number of aromatic nitrogens is 3. The minimum Gasteiger partial charge on any atom is -0.493 e. The molecule has 0 aliphatic rings. The Kier molecular flexibility index (Phi) is 5.38. The minimum atomic E-state index is -3.44. The van der Waals surface area contributed by atoms with Crippen LogP contribution < -0.4 is 19.5 Å².